The maximum absolute atomic E-state index is 2.75. The summed E-state index contributed by atoms with van der Waals surface area (Å²) in [4.78, 5) is 5.49. The third-order valence-electron chi connectivity index (χ3n) is 22.5. The third kappa shape index (κ3) is 11.4. The molecule has 4 heteroatoms. The normalized spacial score (nSPS) is 13.3. The molecule has 3 nitrogen and oxygen atoms in total. The van der Waals surface area contributed by atoms with Crippen molar-refractivity contribution in [1.82, 2.24) is 4.57 Å². The summed E-state index contributed by atoms with van der Waals surface area (Å²) in [6.07, 6.45) is 0. The molecule has 0 atom stereocenters. The van der Waals surface area contributed by atoms with Crippen LogP contribution in [0.2, 0.25) is 0 Å². The minimum atomic E-state index is -0.320. The number of nitrogens with zero attached hydrogens (tertiary/aromatic N) is 3. The number of anilines is 6. The lowest BCUT2D eigenvalue weighted by atomic mass is 9.33. The first-order valence-electron chi connectivity index (χ1n) is 37.4. The third-order valence-corrected chi connectivity index (χ3v) is 22.5. The average Bonchev–Trinajstić information content (AvgIpc) is 0.687. The zero-order valence-corrected chi connectivity index (χ0v) is 63.1. The Balaban J connectivity index is 1.05. The maximum Gasteiger partial charge on any atom is 0.252 e. The van der Waals surface area contributed by atoms with E-state index in [9.17, 15) is 0 Å². The molecule has 14 aromatic carbocycles. The fourth-order valence-electron chi connectivity index (χ4n) is 16.5. The molecule has 2 aliphatic heterocycles. The van der Waals surface area contributed by atoms with Gasteiger partial charge >= 0.3 is 0 Å². The topological polar surface area (TPSA) is 11.4 Å². The molecule has 3 heterocycles. The lowest BCUT2D eigenvalue weighted by Gasteiger charge is -2.47. The van der Waals surface area contributed by atoms with Crippen LogP contribution in [-0.2, 0) is 27.1 Å². The fourth-order valence-corrected chi connectivity index (χ4v) is 16.5. The van der Waals surface area contributed by atoms with Crippen LogP contribution in [0, 0.1) is 0 Å². The Morgan fingerprint density at radius 2 is 0.587 bits per heavy atom. The number of rotatable bonds is 8. The standard InChI is InChI=1S/C100H92BN3/c1-96(2,3)73-43-48-87-83(54-73)84-55-74(97(4,5)6)44-49-88(84)102(87)78-45-47-86-90(62-78)104(95-81(65-34-24-18-25-35-65)58-76(99(10,11)12)59-82(95)66-36-26-19-27-37-66)92-61-77(100(13,14)15)60-91-93(92)101(86)85-46-42-71(69-40-41-70-50-67-38-28-29-39-68(67)51-72(70)52-69)53-89(85)103(91)94-79(63-30-20-16-21-31-63)56-75(98(7,8)9)57-80(94)64-32-22-17-23-33-64/h16-62H,1-15H3. The predicted molar refractivity (Wildman–Crippen MR) is 450 cm³/mol. The largest absolute Gasteiger partial charge is 0.310 e. The highest BCUT2D eigenvalue weighted by Gasteiger charge is 2.47. The van der Waals surface area contributed by atoms with E-state index in [-0.39, 0.29) is 33.8 Å². The van der Waals surface area contributed by atoms with E-state index in [1.165, 1.54) is 149 Å². The van der Waals surface area contributed by atoms with Crippen molar-refractivity contribution in [3.8, 4) is 61.3 Å². The van der Waals surface area contributed by atoms with E-state index in [0.717, 1.165) is 34.0 Å². The first-order chi connectivity index (χ1) is 49.7. The summed E-state index contributed by atoms with van der Waals surface area (Å²) in [5.41, 5.74) is 31.6. The lowest BCUT2D eigenvalue weighted by molar-refractivity contribution is 0.590. The number of hydrogen-bond acceptors (Lipinski definition) is 2. The van der Waals surface area contributed by atoms with Gasteiger partial charge in [-0.1, -0.05) is 292 Å². The summed E-state index contributed by atoms with van der Waals surface area (Å²) in [6.45, 7) is 35.2. The van der Waals surface area contributed by atoms with Gasteiger partial charge in [0, 0.05) is 61.5 Å². The van der Waals surface area contributed by atoms with Crippen LogP contribution in [0.25, 0.3) is 105 Å². The Labute approximate surface area is 616 Å². The minimum Gasteiger partial charge on any atom is -0.310 e. The fraction of sp³-hybridized carbons (Fsp3) is 0.200. The first-order valence-corrected chi connectivity index (χ1v) is 37.4. The smallest absolute Gasteiger partial charge is 0.252 e. The zero-order chi connectivity index (χ0) is 72.1. The van der Waals surface area contributed by atoms with Crippen molar-refractivity contribution in [2.24, 2.45) is 0 Å². The molecule has 0 fully saturated rings. The molecule has 0 spiro atoms. The van der Waals surface area contributed by atoms with Crippen LogP contribution in [0.15, 0.2) is 285 Å². The van der Waals surface area contributed by atoms with Gasteiger partial charge in [0.05, 0.1) is 22.4 Å². The van der Waals surface area contributed by atoms with Gasteiger partial charge in [0.25, 0.3) is 6.71 Å². The van der Waals surface area contributed by atoms with Crippen LogP contribution in [0.5, 0.6) is 0 Å². The van der Waals surface area contributed by atoms with Crippen LogP contribution >= 0.6 is 0 Å². The van der Waals surface area contributed by atoms with Crippen LogP contribution in [-0.4, -0.2) is 11.3 Å². The Bertz CT molecular complexity index is 5730. The summed E-state index contributed by atoms with van der Waals surface area (Å²) in [6, 6.07) is 110. The predicted octanol–water partition coefficient (Wildman–Crippen LogP) is 26.0. The molecule has 2 aliphatic rings. The van der Waals surface area contributed by atoms with Gasteiger partial charge in [-0.25, -0.2) is 0 Å². The van der Waals surface area contributed by atoms with Gasteiger partial charge in [0.15, 0.2) is 0 Å². The summed E-state index contributed by atoms with van der Waals surface area (Å²) >= 11 is 0. The summed E-state index contributed by atoms with van der Waals surface area (Å²) in [7, 11) is 0. The van der Waals surface area contributed by atoms with Crippen LogP contribution in [0.3, 0.4) is 0 Å². The molecular weight excluding hydrogens is 1250 g/mol. The maximum atomic E-state index is 2.75. The average molecular weight is 1350 g/mol. The van der Waals surface area contributed by atoms with Gasteiger partial charge in [-0.2, -0.15) is 0 Å². The van der Waals surface area contributed by atoms with Crippen molar-refractivity contribution in [3.05, 3.63) is 313 Å². The Morgan fingerprint density at radius 3 is 1.00 bits per heavy atom. The van der Waals surface area contributed by atoms with E-state index in [4.69, 9.17) is 0 Å². The van der Waals surface area contributed by atoms with Crippen molar-refractivity contribution >= 4 is 101 Å². The molecule has 0 N–H and O–H groups in total. The number of aromatic nitrogens is 1. The van der Waals surface area contributed by atoms with Gasteiger partial charge in [-0.3, -0.25) is 0 Å². The molecule has 0 radical (unpaired) electrons. The molecule has 0 saturated heterocycles. The number of hydrogen-bond donors (Lipinski definition) is 0. The van der Waals surface area contributed by atoms with Gasteiger partial charge in [0.1, 0.15) is 0 Å². The summed E-state index contributed by atoms with van der Waals surface area (Å²) in [5, 5.41) is 7.48. The molecule has 510 valence electrons. The molecule has 15 aromatic rings. The number of fused-ring (bicyclic) bond motifs is 9. The molecule has 17 rings (SSSR count). The van der Waals surface area contributed by atoms with Crippen molar-refractivity contribution in [3.63, 3.8) is 0 Å². The molecule has 0 amide bonds. The zero-order valence-electron chi connectivity index (χ0n) is 63.1. The van der Waals surface area contributed by atoms with Gasteiger partial charge in [-0.15, -0.1) is 0 Å². The molecular formula is C100H92BN3. The van der Waals surface area contributed by atoms with E-state index < -0.39 is 0 Å². The Hall–Kier alpha value is -10.9. The highest BCUT2D eigenvalue weighted by molar-refractivity contribution is 7.00. The second kappa shape index (κ2) is 24.4. The summed E-state index contributed by atoms with van der Waals surface area (Å²) in [5.74, 6) is 0. The first kappa shape index (κ1) is 66.3. The van der Waals surface area contributed by atoms with Crippen molar-refractivity contribution in [2.45, 2.75) is 131 Å². The van der Waals surface area contributed by atoms with E-state index in [1.54, 1.807) is 0 Å². The van der Waals surface area contributed by atoms with E-state index in [2.05, 4.69) is 403 Å². The van der Waals surface area contributed by atoms with Gasteiger partial charge < -0.3 is 14.4 Å². The van der Waals surface area contributed by atoms with E-state index >= 15 is 0 Å². The van der Waals surface area contributed by atoms with Gasteiger partial charge in [0.2, 0.25) is 0 Å². The Kier molecular flexibility index (Phi) is 15.5. The highest BCUT2D eigenvalue weighted by atomic mass is 15.2. The van der Waals surface area contributed by atoms with Crippen molar-refractivity contribution < 1.29 is 0 Å². The van der Waals surface area contributed by atoms with Crippen molar-refractivity contribution in [2.75, 3.05) is 9.80 Å². The molecule has 1 aromatic heterocycles. The second-order valence-electron chi connectivity index (χ2n) is 34.7. The molecule has 0 saturated carbocycles. The Morgan fingerprint density at radius 1 is 0.240 bits per heavy atom. The molecule has 0 aliphatic carbocycles. The van der Waals surface area contributed by atoms with Crippen LogP contribution in [0.1, 0.15) is 132 Å². The summed E-state index contributed by atoms with van der Waals surface area (Å²) < 4.78 is 2.57. The van der Waals surface area contributed by atoms with Crippen LogP contribution < -0.4 is 26.2 Å². The monoisotopic (exact) mass is 1350 g/mol. The van der Waals surface area contributed by atoms with Crippen LogP contribution in [0.4, 0.5) is 34.1 Å². The molecule has 104 heavy (non-hydrogen) atoms. The van der Waals surface area contributed by atoms with E-state index in [1.807, 2.05) is 0 Å². The lowest BCUT2D eigenvalue weighted by Crippen LogP contribution is -2.61. The second-order valence-corrected chi connectivity index (χ2v) is 34.7. The van der Waals surface area contributed by atoms with E-state index in [0.29, 0.717) is 0 Å². The van der Waals surface area contributed by atoms with Crippen molar-refractivity contribution in [1.29, 1.82) is 0 Å². The minimum absolute atomic E-state index is 0.0519. The highest BCUT2D eigenvalue weighted by Crippen LogP contribution is 2.56. The molecule has 0 unspecified atom stereocenters. The SMILES string of the molecule is CC(C)(C)c1cc(-c2ccccc2)c(N2c3cc(-c4ccc5cc6ccccc6cc5c4)ccc3B3c4ccc(-n5c6ccc(C(C)(C)C)cc6c6cc(C(C)(C)C)ccc65)cc4N(c4c(-c5ccccc5)cc(C(C)(C)C)cc4-c4ccccc4)c4cc(C(C)(C)C)cc2c43)c(-c2ccccc2)c1. The molecule has 0 bridgehead atoms. The van der Waals surface area contributed by atoms with Gasteiger partial charge in [-0.05, 0) is 223 Å². The quantitative estimate of drug-likeness (QED) is 0.111. The number of benzene rings is 14.